The molecule has 5 nitrogen and oxygen atoms in total. The molecule has 1 aliphatic heterocycles. The number of hydrogen-bond acceptors (Lipinski definition) is 4. The third kappa shape index (κ3) is 3.54. The average Bonchev–Trinajstić information content (AvgIpc) is 3.05. The summed E-state index contributed by atoms with van der Waals surface area (Å²) in [6, 6.07) is 9.50. The molecule has 0 spiro atoms. The zero-order valence-corrected chi connectivity index (χ0v) is 12.5. The second kappa shape index (κ2) is 6.75. The van der Waals surface area contributed by atoms with Crippen LogP contribution in [0.4, 0.5) is 0 Å². The molecule has 5 heteroatoms. The number of carboxylic acid groups (broad SMARTS) is 1. The summed E-state index contributed by atoms with van der Waals surface area (Å²) in [6.07, 6.45) is 5.03. The molecular weight excluding hydrogens is 280 g/mol. The van der Waals surface area contributed by atoms with Crippen LogP contribution < -0.4 is 0 Å². The maximum atomic E-state index is 10.8. The molecule has 1 aromatic carbocycles. The van der Waals surface area contributed by atoms with E-state index < -0.39 is 5.97 Å². The number of aromatic nitrogens is 1. The van der Waals surface area contributed by atoms with Crippen LogP contribution in [0.2, 0.25) is 0 Å². The van der Waals surface area contributed by atoms with E-state index in [1.807, 2.05) is 12.1 Å². The van der Waals surface area contributed by atoms with Gasteiger partial charge in [0.15, 0.2) is 11.5 Å². The number of likely N-dealkylation sites (tertiary alicyclic amines) is 1. The smallest absolute Gasteiger partial charge is 0.358 e. The van der Waals surface area contributed by atoms with Gasteiger partial charge in [0, 0.05) is 18.2 Å². The zero-order chi connectivity index (χ0) is 15.4. The van der Waals surface area contributed by atoms with Crippen molar-refractivity contribution in [1.29, 1.82) is 0 Å². The highest BCUT2D eigenvalue weighted by molar-refractivity contribution is 5.86. The third-order valence-electron chi connectivity index (χ3n) is 4.13. The summed E-state index contributed by atoms with van der Waals surface area (Å²) < 4.78 is 5.07. The van der Waals surface area contributed by atoms with Crippen LogP contribution >= 0.6 is 0 Å². The largest absolute Gasteiger partial charge is 0.476 e. The lowest BCUT2D eigenvalue weighted by Gasteiger charge is -2.26. The molecule has 2 aromatic rings. The lowest BCUT2D eigenvalue weighted by molar-refractivity contribution is 0.0686. The Bertz CT molecular complexity index is 628. The molecular formula is C17H20N2O3. The predicted octanol–water partition coefficient (Wildman–Crippen LogP) is 3.07. The number of nitrogens with zero attached hydrogens (tertiary/aromatic N) is 2. The number of carbonyl (C=O) groups is 1. The lowest BCUT2D eigenvalue weighted by Crippen LogP contribution is -2.31. The summed E-state index contributed by atoms with van der Waals surface area (Å²) in [5.74, 6) is -0.590. The molecule has 0 radical (unpaired) electrons. The number of rotatable bonds is 5. The molecule has 116 valence electrons. The number of benzene rings is 1. The molecule has 0 unspecified atom stereocenters. The molecule has 1 saturated heterocycles. The summed E-state index contributed by atoms with van der Waals surface area (Å²) in [4.78, 5) is 13.3. The Morgan fingerprint density at radius 3 is 2.55 bits per heavy atom. The molecule has 2 heterocycles. The van der Waals surface area contributed by atoms with Crippen molar-refractivity contribution < 1.29 is 14.4 Å². The average molecular weight is 300 g/mol. The Balaban J connectivity index is 1.60. The van der Waals surface area contributed by atoms with Crippen molar-refractivity contribution in [3.63, 3.8) is 0 Å². The minimum absolute atomic E-state index is 0.0656. The second-order valence-corrected chi connectivity index (χ2v) is 5.73. The third-order valence-corrected chi connectivity index (χ3v) is 4.13. The van der Waals surface area contributed by atoms with E-state index >= 15 is 0 Å². The van der Waals surface area contributed by atoms with Crippen molar-refractivity contribution in [3.05, 3.63) is 41.6 Å². The molecule has 1 N–H and O–H groups in total. The minimum Gasteiger partial charge on any atom is -0.476 e. The van der Waals surface area contributed by atoms with Gasteiger partial charge in [-0.05, 0) is 37.9 Å². The van der Waals surface area contributed by atoms with Crippen LogP contribution in [-0.2, 0) is 6.42 Å². The predicted molar refractivity (Wildman–Crippen MR) is 82.9 cm³/mol. The van der Waals surface area contributed by atoms with E-state index in [-0.39, 0.29) is 5.69 Å². The van der Waals surface area contributed by atoms with E-state index in [4.69, 9.17) is 9.63 Å². The lowest BCUT2D eigenvalue weighted by atomic mass is 10.1. The summed E-state index contributed by atoms with van der Waals surface area (Å²) in [6.45, 7) is 3.53. The van der Waals surface area contributed by atoms with Gasteiger partial charge in [0.25, 0.3) is 0 Å². The fourth-order valence-electron chi connectivity index (χ4n) is 2.82. The number of hydrogen-bond donors (Lipinski definition) is 1. The molecule has 0 aliphatic carbocycles. The highest BCUT2D eigenvalue weighted by atomic mass is 16.5. The quantitative estimate of drug-likeness (QED) is 0.919. The van der Waals surface area contributed by atoms with Crippen LogP contribution in [0.15, 0.2) is 34.9 Å². The maximum Gasteiger partial charge on any atom is 0.358 e. The van der Waals surface area contributed by atoms with Crippen LogP contribution in [0.5, 0.6) is 0 Å². The van der Waals surface area contributed by atoms with E-state index in [0.717, 1.165) is 18.5 Å². The fraction of sp³-hybridized carbons (Fsp3) is 0.412. The Labute approximate surface area is 129 Å². The van der Waals surface area contributed by atoms with Crippen molar-refractivity contribution in [2.24, 2.45) is 0 Å². The Morgan fingerprint density at radius 1 is 1.18 bits per heavy atom. The highest BCUT2D eigenvalue weighted by Crippen LogP contribution is 2.21. The second-order valence-electron chi connectivity index (χ2n) is 5.73. The van der Waals surface area contributed by atoms with E-state index in [1.54, 1.807) is 0 Å². The molecule has 1 aromatic heterocycles. The van der Waals surface area contributed by atoms with Crippen LogP contribution in [-0.4, -0.2) is 40.8 Å². The van der Waals surface area contributed by atoms with Gasteiger partial charge in [0.1, 0.15) is 0 Å². The molecule has 0 bridgehead atoms. The first-order chi connectivity index (χ1) is 10.7. The van der Waals surface area contributed by atoms with E-state index in [2.05, 4.69) is 22.2 Å². The van der Waals surface area contributed by atoms with Gasteiger partial charge in [0.2, 0.25) is 0 Å². The summed E-state index contributed by atoms with van der Waals surface area (Å²) in [7, 11) is 0. The standard InChI is InChI=1S/C17H20N2O3/c20-17(21)15-12-16(22-18-15)14-6-4-13(5-7-14)8-11-19-9-2-1-3-10-19/h4-7,12H,1-3,8-11H2,(H,20,21). The molecule has 22 heavy (non-hydrogen) atoms. The number of piperidine rings is 1. The topological polar surface area (TPSA) is 66.6 Å². The SMILES string of the molecule is O=C(O)c1cc(-c2ccc(CCN3CCCCC3)cc2)on1. The summed E-state index contributed by atoms with van der Waals surface area (Å²) >= 11 is 0. The van der Waals surface area contributed by atoms with Crippen molar-refractivity contribution in [3.8, 4) is 11.3 Å². The van der Waals surface area contributed by atoms with Gasteiger partial charge in [-0.3, -0.25) is 0 Å². The van der Waals surface area contributed by atoms with Gasteiger partial charge in [-0.2, -0.15) is 0 Å². The number of carboxylic acids is 1. The van der Waals surface area contributed by atoms with Crippen molar-refractivity contribution in [2.45, 2.75) is 25.7 Å². The van der Waals surface area contributed by atoms with Crippen LogP contribution in [0.3, 0.4) is 0 Å². The Morgan fingerprint density at radius 2 is 1.91 bits per heavy atom. The molecule has 0 amide bonds. The van der Waals surface area contributed by atoms with Crippen LogP contribution in [0.25, 0.3) is 11.3 Å². The van der Waals surface area contributed by atoms with Crippen molar-refractivity contribution in [2.75, 3.05) is 19.6 Å². The van der Waals surface area contributed by atoms with Crippen LogP contribution in [0, 0.1) is 0 Å². The molecule has 1 fully saturated rings. The van der Waals surface area contributed by atoms with Gasteiger partial charge in [-0.25, -0.2) is 4.79 Å². The van der Waals surface area contributed by atoms with Crippen molar-refractivity contribution >= 4 is 5.97 Å². The molecule has 1 aliphatic rings. The first-order valence-corrected chi connectivity index (χ1v) is 7.74. The molecule has 3 rings (SSSR count). The van der Waals surface area contributed by atoms with Crippen LogP contribution in [0.1, 0.15) is 35.3 Å². The van der Waals surface area contributed by atoms with Gasteiger partial charge in [0.05, 0.1) is 0 Å². The van der Waals surface area contributed by atoms with Gasteiger partial charge in [-0.1, -0.05) is 35.8 Å². The molecule has 0 saturated carbocycles. The van der Waals surface area contributed by atoms with Gasteiger partial charge >= 0.3 is 5.97 Å². The zero-order valence-electron chi connectivity index (χ0n) is 12.5. The normalized spacial score (nSPS) is 15.8. The van der Waals surface area contributed by atoms with Crippen molar-refractivity contribution in [1.82, 2.24) is 10.1 Å². The Hall–Kier alpha value is -2.14. The summed E-state index contributed by atoms with van der Waals surface area (Å²) in [5, 5.41) is 12.4. The highest BCUT2D eigenvalue weighted by Gasteiger charge is 2.12. The first-order valence-electron chi connectivity index (χ1n) is 7.74. The van der Waals surface area contributed by atoms with E-state index in [1.165, 1.54) is 44.0 Å². The minimum atomic E-state index is -1.08. The Kier molecular flexibility index (Phi) is 4.53. The van der Waals surface area contributed by atoms with Gasteiger partial charge in [-0.15, -0.1) is 0 Å². The number of aromatic carboxylic acids is 1. The molecule has 0 atom stereocenters. The van der Waals surface area contributed by atoms with E-state index in [0.29, 0.717) is 5.76 Å². The van der Waals surface area contributed by atoms with E-state index in [9.17, 15) is 4.79 Å². The first kappa shape index (κ1) is 14.8. The monoisotopic (exact) mass is 300 g/mol. The fourth-order valence-corrected chi connectivity index (χ4v) is 2.82. The maximum absolute atomic E-state index is 10.8. The summed E-state index contributed by atoms with van der Waals surface area (Å²) in [5.41, 5.74) is 2.07. The van der Waals surface area contributed by atoms with Gasteiger partial charge < -0.3 is 14.5 Å².